The molecule has 0 aliphatic carbocycles. The standard InChI is InChI=1S/C10H19NO2/c1-8(2)10(3,12)6-9-7-13-5-4-11-9/h9,11-12H,1,4-7H2,2-3H3. The van der Waals surface area contributed by atoms with Crippen LogP contribution in [0.2, 0.25) is 0 Å². The molecule has 3 nitrogen and oxygen atoms in total. The summed E-state index contributed by atoms with van der Waals surface area (Å²) in [4.78, 5) is 0. The summed E-state index contributed by atoms with van der Waals surface area (Å²) >= 11 is 0. The van der Waals surface area contributed by atoms with Crippen LogP contribution >= 0.6 is 0 Å². The van der Waals surface area contributed by atoms with Gasteiger partial charge in [0.05, 0.1) is 18.8 Å². The summed E-state index contributed by atoms with van der Waals surface area (Å²) in [5, 5.41) is 13.3. The predicted octanol–water partition coefficient (Wildman–Crippen LogP) is 0.692. The van der Waals surface area contributed by atoms with E-state index in [4.69, 9.17) is 4.74 Å². The molecule has 0 amide bonds. The molecule has 1 rings (SSSR count). The van der Waals surface area contributed by atoms with Gasteiger partial charge in [-0.2, -0.15) is 0 Å². The van der Waals surface area contributed by atoms with E-state index >= 15 is 0 Å². The lowest BCUT2D eigenvalue weighted by atomic mass is 9.90. The second-order valence-electron chi connectivity index (χ2n) is 3.98. The summed E-state index contributed by atoms with van der Waals surface area (Å²) in [5.74, 6) is 0. The molecule has 3 heteroatoms. The number of morpholine rings is 1. The van der Waals surface area contributed by atoms with Gasteiger partial charge in [0.25, 0.3) is 0 Å². The molecule has 0 saturated carbocycles. The summed E-state index contributed by atoms with van der Waals surface area (Å²) in [6, 6.07) is 0.250. The van der Waals surface area contributed by atoms with Crippen molar-refractivity contribution < 1.29 is 9.84 Å². The maximum absolute atomic E-state index is 9.95. The maximum Gasteiger partial charge on any atom is 0.0839 e. The smallest absolute Gasteiger partial charge is 0.0839 e. The summed E-state index contributed by atoms with van der Waals surface area (Å²) < 4.78 is 5.30. The largest absolute Gasteiger partial charge is 0.386 e. The van der Waals surface area contributed by atoms with Crippen molar-refractivity contribution in [2.75, 3.05) is 19.8 Å². The van der Waals surface area contributed by atoms with Crippen molar-refractivity contribution in [3.05, 3.63) is 12.2 Å². The van der Waals surface area contributed by atoms with Gasteiger partial charge < -0.3 is 15.2 Å². The number of ether oxygens (including phenoxy) is 1. The highest BCUT2D eigenvalue weighted by molar-refractivity contribution is 5.08. The van der Waals surface area contributed by atoms with Crippen LogP contribution < -0.4 is 5.32 Å². The van der Waals surface area contributed by atoms with Gasteiger partial charge in [-0.05, 0) is 25.8 Å². The Morgan fingerprint density at radius 1 is 1.77 bits per heavy atom. The molecule has 1 heterocycles. The van der Waals surface area contributed by atoms with Crippen molar-refractivity contribution in [3.63, 3.8) is 0 Å². The lowest BCUT2D eigenvalue weighted by Crippen LogP contribution is -2.46. The van der Waals surface area contributed by atoms with Crippen LogP contribution in [0.15, 0.2) is 12.2 Å². The van der Waals surface area contributed by atoms with Gasteiger partial charge in [-0.15, -0.1) is 0 Å². The van der Waals surface area contributed by atoms with Crippen LogP contribution in [-0.2, 0) is 4.74 Å². The number of hydrogen-bond acceptors (Lipinski definition) is 3. The first kappa shape index (κ1) is 10.7. The predicted molar refractivity (Wildman–Crippen MR) is 52.7 cm³/mol. The topological polar surface area (TPSA) is 41.5 Å². The average Bonchev–Trinajstić information content (AvgIpc) is 2.05. The summed E-state index contributed by atoms with van der Waals surface area (Å²) in [6.07, 6.45) is 0.669. The molecule has 13 heavy (non-hydrogen) atoms. The summed E-state index contributed by atoms with van der Waals surface area (Å²) in [7, 11) is 0. The molecule has 2 atom stereocenters. The normalized spacial score (nSPS) is 28.1. The van der Waals surface area contributed by atoms with Gasteiger partial charge in [0, 0.05) is 12.6 Å². The molecule has 0 aromatic rings. The molecule has 0 bridgehead atoms. The molecule has 1 aliphatic rings. The molecule has 2 unspecified atom stereocenters. The van der Waals surface area contributed by atoms with Gasteiger partial charge in [-0.3, -0.25) is 0 Å². The second-order valence-corrected chi connectivity index (χ2v) is 3.98. The Morgan fingerprint density at radius 2 is 2.46 bits per heavy atom. The SMILES string of the molecule is C=C(C)C(C)(O)CC1COCCN1. The minimum atomic E-state index is -0.779. The minimum absolute atomic E-state index is 0.250. The first-order valence-electron chi connectivity index (χ1n) is 4.72. The molecule has 1 fully saturated rings. The van der Waals surface area contributed by atoms with E-state index in [0.717, 1.165) is 18.7 Å². The average molecular weight is 185 g/mol. The number of rotatable bonds is 3. The van der Waals surface area contributed by atoms with Crippen LogP contribution in [0.25, 0.3) is 0 Å². The fourth-order valence-corrected chi connectivity index (χ4v) is 1.40. The van der Waals surface area contributed by atoms with Crippen LogP contribution in [-0.4, -0.2) is 36.5 Å². The third-order valence-electron chi connectivity index (χ3n) is 2.56. The van der Waals surface area contributed by atoms with Crippen molar-refractivity contribution in [1.29, 1.82) is 0 Å². The number of aliphatic hydroxyl groups is 1. The number of hydrogen-bond donors (Lipinski definition) is 2. The van der Waals surface area contributed by atoms with Gasteiger partial charge >= 0.3 is 0 Å². The van der Waals surface area contributed by atoms with Crippen molar-refractivity contribution in [2.45, 2.75) is 31.9 Å². The van der Waals surface area contributed by atoms with Crippen molar-refractivity contribution in [3.8, 4) is 0 Å². The zero-order valence-corrected chi connectivity index (χ0v) is 8.47. The first-order chi connectivity index (χ1) is 6.02. The fourth-order valence-electron chi connectivity index (χ4n) is 1.40. The van der Waals surface area contributed by atoms with E-state index in [-0.39, 0.29) is 6.04 Å². The van der Waals surface area contributed by atoms with Crippen LogP contribution in [0, 0.1) is 0 Å². The monoisotopic (exact) mass is 185 g/mol. The molecule has 1 aliphatic heterocycles. The molecule has 1 saturated heterocycles. The molecule has 76 valence electrons. The highest BCUT2D eigenvalue weighted by Gasteiger charge is 2.27. The van der Waals surface area contributed by atoms with Gasteiger partial charge in [-0.1, -0.05) is 6.58 Å². The van der Waals surface area contributed by atoms with Crippen LogP contribution in [0.4, 0.5) is 0 Å². The zero-order chi connectivity index (χ0) is 9.90. The molecule has 0 spiro atoms. The third kappa shape index (κ3) is 3.10. The van der Waals surface area contributed by atoms with Crippen molar-refractivity contribution in [1.82, 2.24) is 5.32 Å². The van der Waals surface area contributed by atoms with Crippen LogP contribution in [0.1, 0.15) is 20.3 Å². The Labute approximate surface area is 79.8 Å². The highest BCUT2D eigenvalue weighted by Crippen LogP contribution is 2.20. The van der Waals surface area contributed by atoms with Gasteiger partial charge in [-0.25, -0.2) is 0 Å². The van der Waals surface area contributed by atoms with E-state index in [1.807, 2.05) is 6.92 Å². The first-order valence-corrected chi connectivity index (χ1v) is 4.72. The summed E-state index contributed by atoms with van der Waals surface area (Å²) in [6.45, 7) is 9.75. The van der Waals surface area contributed by atoms with Gasteiger partial charge in [0.15, 0.2) is 0 Å². The van der Waals surface area contributed by atoms with Gasteiger partial charge in [0.1, 0.15) is 0 Å². The molecule has 2 N–H and O–H groups in total. The van der Waals surface area contributed by atoms with Crippen molar-refractivity contribution in [2.24, 2.45) is 0 Å². The van der Waals surface area contributed by atoms with E-state index in [1.165, 1.54) is 0 Å². The Kier molecular flexibility index (Phi) is 3.47. The quantitative estimate of drug-likeness (QED) is 0.636. The van der Waals surface area contributed by atoms with E-state index in [0.29, 0.717) is 13.0 Å². The van der Waals surface area contributed by atoms with Crippen molar-refractivity contribution >= 4 is 0 Å². The van der Waals surface area contributed by atoms with Crippen LogP contribution in [0.5, 0.6) is 0 Å². The van der Waals surface area contributed by atoms with Gasteiger partial charge in [0.2, 0.25) is 0 Å². The summed E-state index contributed by atoms with van der Waals surface area (Å²) in [5.41, 5.74) is 0.0260. The zero-order valence-electron chi connectivity index (χ0n) is 8.47. The molecule has 0 radical (unpaired) electrons. The Hall–Kier alpha value is -0.380. The van der Waals surface area contributed by atoms with E-state index in [2.05, 4.69) is 11.9 Å². The Bertz CT molecular complexity index is 183. The minimum Gasteiger partial charge on any atom is -0.386 e. The van der Waals surface area contributed by atoms with E-state index in [9.17, 15) is 5.11 Å². The second kappa shape index (κ2) is 4.22. The Balaban J connectivity index is 2.41. The fraction of sp³-hybridized carbons (Fsp3) is 0.800. The molecule has 0 aromatic heterocycles. The third-order valence-corrected chi connectivity index (χ3v) is 2.56. The van der Waals surface area contributed by atoms with E-state index in [1.54, 1.807) is 6.92 Å². The van der Waals surface area contributed by atoms with Crippen LogP contribution in [0.3, 0.4) is 0 Å². The lowest BCUT2D eigenvalue weighted by molar-refractivity contribution is 0.0269. The Morgan fingerprint density at radius 3 is 2.92 bits per heavy atom. The maximum atomic E-state index is 9.95. The number of nitrogens with one attached hydrogen (secondary N) is 1. The highest BCUT2D eigenvalue weighted by atomic mass is 16.5. The molecular formula is C10H19NO2. The lowest BCUT2D eigenvalue weighted by Gasteiger charge is -2.31. The molecular weight excluding hydrogens is 166 g/mol. The molecule has 0 aromatic carbocycles. The van der Waals surface area contributed by atoms with E-state index < -0.39 is 5.60 Å².